The summed E-state index contributed by atoms with van der Waals surface area (Å²) < 4.78 is 5.27. The Morgan fingerprint density at radius 1 is 1.08 bits per heavy atom. The molecule has 5 heteroatoms. The number of benzene rings is 3. The third kappa shape index (κ3) is 2.74. The number of carbonyl (C=O) groups excluding carboxylic acids is 1. The molecule has 0 atom stereocenters. The molecule has 3 nitrogen and oxygen atoms in total. The molecule has 1 amide bonds. The topological polar surface area (TPSA) is 38.3 Å². The van der Waals surface area contributed by atoms with Gasteiger partial charge in [0.1, 0.15) is 5.75 Å². The zero-order valence-corrected chi connectivity index (χ0v) is 15.0. The summed E-state index contributed by atoms with van der Waals surface area (Å²) in [6.07, 6.45) is 2.09. The molecule has 4 rings (SSSR count). The summed E-state index contributed by atoms with van der Waals surface area (Å²) in [5, 5.41) is 5.96. The third-order valence-electron chi connectivity index (χ3n) is 4.58. The Morgan fingerprint density at radius 3 is 2.60 bits per heavy atom. The van der Waals surface area contributed by atoms with Gasteiger partial charge in [0.15, 0.2) is 0 Å². The number of carbonyl (C=O) groups is 1. The maximum absolute atomic E-state index is 12.8. The molecular formula is C20H15Cl2NO2. The first-order chi connectivity index (χ1) is 12.1. The smallest absolute Gasteiger partial charge is 0.259 e. The van der Waals surface area contributed by atoms with Crippen LogP contribution in [0.2, 0.25) is 10.0 Å². The van der Waals surface area contributed by atoms with Gasteiger partial charge in [0, 0.05) is 16.1 Å². The second-order valence-electron chi connectivity index (χ2n) is 6.03. The van der Waals surface area contributed by atoms with Crippen LogP contribution >= 0.6 is 23.2 Å². The Balaban J connectivity index is 1.77. The van der Waals surface area contributed by atoms with Gasteiger partial charge in [0.05, 0.1) is 17.7 Å². The first-order valence-electron chi connectivity index (χ1n) is 7.96. The van der Waals surface area contributed by atoms with Gasteiger partial charge in [0.25, 0.3) is 5.91 Å². The van der Waals surface area contributed by atoms with Crippen molar-refractivity contribution < 1.29 is 9.53 Å². The third-order valence-corrected chi connectivity index (χ3v) is 5.08. The van der Waals surface area contributed by atoms with Crippen molar-refractivity contribution >= 4 is 45.6 Å². The maximum atomic E-state index is 12.8. The summed E-state index contributed by atoms with van der Waals surface area (Å²) in [7, 11) is 1.48. The normalized spacial score (nSPS) is 12.4. The van der Waals surface area contributed by atoms with Crippen molar-refractivity contribution in [1.29, 1.82) is 0 Å². The molecule has 25 heavy (non-hydrogen) atoms. The van der Waals surface area contributed by atoms with Gasteiger partial charge >= 0.3 is 0 Å². The van der Waals surface area contributed by atoms with Gasteiger partial charge < -0.3 is 10.1 Å². The molecule has 0 fully saturated rings. The predicted molar refractivity (Wildman–Crippen MR) is 102 cm³/mol. The van der Waals surface area contributed by atoms with Gasteiger partial charge in [0.2, 0.25) is 0 Å². The number of amides is 1. The summed E-state index contributed by atoms with van der Waals surface area (Å²) in [6.45, 7) is 0. The molecule has 0 radical (unpaired) electrons. The van der Waals surface area contributed by atoms with Gasteiger partial charge in [-0.3, -0.25) is 4.79 Å². The van der Waals surface area contributed by atoms with Crippen molar-refractivity contribution in [1.82, 2.24) is 0 Å². The monoisotopic (exact) mass is 371 g/mol. The van der Waals surface area contributed by atoms with Crippen molar-refractivity contribution in [3.8, 4) is 5.75 Å². The Bertz CT molecular complexity index is 1000. The molecule has 1 aliphatic carbocycles. The summed E-state index contributed by atoms with van der Waals surface area (Å²) in [5.74, 6) is 0.00875. The fraction of sp³-hybridized carbons (Fsp3) is 0.150. The Morgan fingerprint density at radius 2 is 1.84 bits per heavy atom. The second kappa shape index (κ2) is 6.25. The van der Waals surface area contributed by atoms with E-state index in [0.717, 1.165) is 23.9 Å². The highest BCUT2D eigenvalue weighted by Crippen LogP contribution is 2.36. The maximum Gasteiger partial charge on any atom is 0.259 e. The van der Waals surface area contributed by atoms with Crippen molar-refractivity contribution in [3.63, 3.8) is 0 Å². The molecule has 0 heterocycles. The summed E-state index contributed by atoms with van der Waals surface area (Å²) in [4.78, 5) is 12.8. The van der Waals surface area contributed by atoms with Crippen molar-refractivity contribution in [2.75, 3.05) is 12.4 Å². The van der Waals surface area contributed by atoms with Crippen LogP contribution in [0.1, 0.15) is 21.5 Å². The zero-order chi connectivity index (χ0) is 17.6. The first-order valence-corrected chi connectivity index (χ1v) is 8.72. The van der Waals surface area contributed by atoms with Crippen LogP contribution in [0, 0.1) is 0 Å². The summed E-state index contributed by atoms with van der Waals surface area (Å²) in [5.41, 5.74) is 3.73. The van der Waals surface area contributed by atoms with E-state index < -0.39 is 0 Å². The minimum Gasteiger partial charge on any atom is -0.494 e. The number of nitrogens with one attached hydrogen (secondary N) is 1. The average molecular weight is 372 g/mol. The van der Waals surface area contributed by atoms with Gasteiger partial charge in [-0.1, -0.05) is 47.5 Å². The lowest BCUT2D eigenvalue weighted by atomic mass is 10.0. The molecular weight excluding hydrogens is 357 g/mol. The van der Waals surface area contributed by atoms with E-state index in [9.17, 15) is 4.79 Å². The number of aryl methyl sites for hydroxylation is 2. The number of methoxy groups -OCH3 is 1. The van der Waals surface area contributed by atoms with Gasteiger partial charge in [-0.2, -0.15) is 0 Å². The Labute approximate surface area is 155 Å². The number of ether oxygens (including phenoxy) is 1. The highest BCUT2D eigenvalue weighted by Gasteiger charge is 2.20. The minimum absolute atomic E-state index is 0.306. The number of halogens is 2. The minimum atomic E-state index is -0.306. The van der Waals surface area contributed by atoms with Crippen LogP contribution in [0.4, 0.5) is 5.69 Å². The molecule has 3 aromatic rings. The van der Waals surface area contributed by atoms with E-state index >= 15 is 0 Å². The standard InChI is InChI=1S/C20H15Cl2NO2/c1-25-19-15(9-13(21)10-16(19)22)20(24)23-17-8-7-12-6-5-11-3-2-4-14(17)18(11)12/h2-4,7-10H,5-6H2,1H3,(H,23,24). The lowest BCUT2D eigenvalue weighted by molar-refractivity contribution is 0.102. The number of anilines is 1. The van der Waals surface area contributed by atoms with Gasteiger partial charge in [-0.25, -0.2) is 0 Å². The van der Waals surface area contributed by atoms with Crippen LogP contribution in [0.15, 0.2) is 42.5 Å². The largest absolute Gasteiger partial charge is 0.494 e. The van der Waals surface area contributed by atoms with E-state index in [-0.39, 0.29) is 5.91 Å². The van der Waals surface area contributed by atoms with Crippen LogP contribution in [-0.4, -0.2) is 13.0 Å². The van der Waals surface area contributed by atoms with E-state index in [4.69, 9.17) is 27.9 Å². The van der Waals surface area contributed by atoms with Gasteiger partial charge in [-0.05, 0) is 47.6 Å². The lowest BCUT2D eigenvalue weighted by Crippen LogP contribution is -2.14. The predicted octanol–water partition coefficient (Wildman–Crippen LogP) is 5.51. The molecule has 0 saturated carbocycles. The molecule has 0 bridgehead atoms. The van der Waals surface area contributed by atoms with E-state index in [0.29, 0.717) is 21.4 Å². The number of hydrogen-bond donors (Lipinski definition) is 1. The first kappa shape index (κ1) is 16.2. The second-order valence-corrected chi connectivity index (χ2v) is 6.88. The fourth-order valence-electron chi connectivity index (χ4n) is 3.48. The van der Waals surface area contributed by atoms with E-state index in [1.54, 1.807) is 12.1 Å². The lowest BCUT2D eigenvalue weighted by Gasteiger charge is -2.13. The molecule has 1 aliphatic rings. The fourth-order valence-corrected chi connectivity index (χ4v) is 4.05. The van der Waals surface area contributed by atoms with E-state index in [1.165, 1.54) is 23.6 Å². The molecule has 1 N–H and O–H groups in total. The molecule has 0 spiro atoms. The van der Waals surface area contributed by atoms with Crippen LogP contribution in [0.25, 0.3) is 10.8 Å². The Kier molecular flexibility index (Phi) is 4.06. The Hall–Kier alpha value is -2.23. The van der Waals surface area contributed by atoms with E-state index in [1.807, 2.05) is 18.2 Å². The highest BCUT2D eigenvalue weighted by molar-refractivity contribution is 6.36. The van der Waals surface area contributed by atoms with Crippen LogP contribution in [-0.2, 0) is 12.8 Å². The van der Waals surface area contributed by atoms with Gasteiger partial charge in [-0.15, -0.1) is 0 Å². The highest BCUT2D eigenvalue weighted by atomic mass is 35.5. The molecule has 0 saturated heterocycles. The van der Waals surface area contributed by atoms with Crippen LogP contribution in [0.3, 0.4) is 0 Å². The van der Waals surface area contributed by atoms with Crippen LogP contribution in [0.5, 0.6) is 5.75 Å². The average Bonchev–Trinajstić information content (AvgIpc) is 3.01. The molecule has 0 aliphatic heterocycles. The van der Waals surface area contributed by atoms with Crippen molar-refractivity contribution in [3.05, 3.63) is 69.2 Å². The van der Waals surface area contributed by atoms with Crippen molar-refractivity contribution in [2.24, 2.45) is 0 Å². The zero-order valence-electron chi connectivity index (χ0n) is 13.5. The summed E-state index contributed by atoms with van der Waals surface area (Å²) >= 11 is 12.2. The quantitative estimate of drug-likeness (QED) is 0.659. The van der Waals surface area contributed by atoms with Crippen LogP contribution < -0.4 is 10.1 Å². The summed E-state index contributed by atoms with van der Waals surface area (Å²) in [6, 6.07) is 13.3. The van der Waals surface area contributed by atoms with E-state index in [2.05, 4.69) is 17.4 Å². The number of hydrogen-bond acceptors (Lipinski definition) is 2. The number of rotatable bonds is 3. The van der Waals surface area contributed by atoms with Crippen molar-refractivity contribution in [2.45, 2.75) is 12.8 Å². The SMILES string of the molecule is COc1c(Cl)cc(Cl)cc1C(=O)Nc1ccc2c3c(cccc13)CC2. The molecule has 0 unspecified atom stereocenters. The molecule has 126 valence electrons. The molecule has 3 aromatic carbocycles. The molecule has 0 aromatic heterocycles.